The molecule has 2 aromatic rings. The van der Waals surface area contributed by atoms with E-state index < -0.39 is 8.25 Å². The maximum absolute atomic E-state index is 11.0. The average Bonchev–Trinajstić information content (AvgIpc) is 2.39. The molecular formula is C15H17O3P. The van der Waals surface area contributed by atoms with Gasteiger partial charge in [0, 0.05) is 6.42 Å². The van der Waals surface area contributed by atoms with Crippen molar-refractivity contribution in [1.82, 2.24) is 0 Å². The normalized spacial score (nSPS) is 14.0. The average molecular weight is 276 g/mol. The molecule has 0 spiro atoms. The Balaban J connectivity index is 2.20. The van der Waals surface area contributed by atoms with E-state index in [9.17, 15) is 4.57 Å². The van der Waals surface area contributed by atoms with E-state index in [1.165, 1.54) is 0 Å². The number of benzene rings is 2. The minimum atomic E-state index is -2.96. The van der Waals surface area contributed by atoms with Gasteiger partial charge in [0.2, 0.25) is 0 Å². The fourth-order valence-corrected chi connectivity index (χ4v) is 2.42. The zero-order chi connectivity index (χ0) is 13.7. The van der Waals surface area contributed by atoms with Crippen LogP contribution >= 0.6 is 8.25 Å². The van der Waals surface area contributed by atoms with Crippen molar-refractivity contribution in [3.63, 3.8) is 0 Å². The predicted octanol–water partition coefficient (Wildman–Crippen LogP) is 3.68. The van der Waals surface area contributed by atoms with Gasteiger partial charge in [0.05, 0.1) is 6.10 Å². The van der Waals surface area contributed by atoms with Gasteiger partial charge in [0.1, 0.15) is 0 Å². The van der Waals surface area contributed by atoms with Crippen molar-refractivity contribution in [2.45, 2.75) is 19.4 Å². The number of rotatable bonds is 5. The van der Waals surface area contributed by atoms with Crippen LogP contribution in [0.2, 0.25) is 0 Å². The third-order valence-corrected chi connectivity index (χ3v) is 3.44. The molecule has 2 aromatic carbocycles. The Morgan fingerprint density at radius 1 is 1.11 bits per heavy atom. The summed E-state index contributed by atoms with van der Waals surface area (Å²) in [5.41, 5.74) is 3.15. The molecule has 1 N–H and O–H groups in total. The Hall–Kier alpha value is -1.41. The van der Waals surface area contributed by atoms with E-state index in [-0.39, 0.29) is 6.10 Å². The summed E-state index contributed by atoms with van der Waals surface area (Å²) in [6.45, 7) is 2.01. The third kappa shape index (κ3) is 4.32. The topological polar surface area (TPSA) is 46.5 Å². The molecule has 0 aromatic heterocycles. The van der Waals surface area contributed by atoms with Gasteiger partial charge in [-0.25, -0.2) is 0 Å². The van der Waals surface area contributed by atoms with Gasteiger partial charge < -0.3 is 9.42 Å². The van der Waals surface area contributed by atoms with Crippen LogP contribution in [0.1, 0.15) is 22.8 Å². The molecule has 0 fully saturated rings. The summed E-state index contributed by atoms with van der Waals surface area (Å²) in [4.78, 5) is 9.04. The van der Waals surface area contributed by atoms with Crippen LogP contribution in [0.15, 0.2) is 54.6 Å². The van der Waals surface area contributed by atoms with Gasteiger partial charge in [0.15, 0.2) is 0 Å². The summed E-state index contributed by atoms with van der Waals surface area (Å²) in [7, 11) is -2.96. The third-order valence-electron chi connectivity index (χ3n) is 2.96. The van der Waals surface area contributed by atoms with Crippen LogP contribution in [0.25, 0.3) is 0 Å². The summed E-state index contributed by atoms with van der Waals surface area (Å²) in [6, 6.07) is 17.6. The van der Waals surface area contributed by atoms with Crippen LogP contribution in [0.3, 0.4) is 0 Å². The zero-order valence-electron chi connectivity index (χ0n) is 10.7. The largest absolute Gasteiger partial charge is 0.326 e. The Kier molecular flexibility index (Phi) is 4.92. The first-order valence-corrected chi connectivity index (χ1v) is 7.41. The van der Waals surface area contributed by atoms with Crippen molar-refractivity contribution in [3.05, 3.63) is 71.3 Å². The van der Waals surface area contributed by atoms with Crippen molar-refractivity contribution >= 4 is 8.25 Å². The fraction of sp³-hybridized carbons (Fsp3) is 0.200. The van der Waals surface area contributed by atoms with E-state index in [1.54, 1.807) is 0 Å². The molecule has 0 heterocycles. The van der Waals surface area contributed by atoms with Gasteiger partial charge in [-0.1, -0.05) is 60.2 Å². The van der Waals surface area contributed by atoms with E-state index in [0.717, 1.165) is 16.7 Å². The molecule has 0 saturated carbocycles. The maximum atomic E-state index is 11.0. The lowest BCUT2D eigenvalue weighted by atomic mass is 10.0. The molecule has 0 amide bonds. The van der Waals surface area contributed by atoms with E-state index >= 15 is 0 Å². The Morgan fingerprint density at radius 3 is 2.32 bits per heavy atom. The second kappa shape index (κ2) is 6.67. The van der Waals surface area contributed by atoms with Gasteiger partial charge in [0.25, 0.3) is 0 Å². The highest BCUT2D eigenvalue weighted by Gasteiger charge is 2.15. The van der Waals surface area contributed by atoms with Crippen LogP contribution in [-0.4, -0.2) is 4.89 Å². The lowest BCUT2D eigenvalue weighted by Gasteiger charge is -2.16. The predicted molar refractivity (Wildman–Crippen MR) is 76.4 cm³/mol. The van der Waals surface area contributed by atoms with E-state index in [4.69, 9.17) is 9.42 Å². The molecule has 2 rings (SSSR count). The molecule has 4 heteroatoms. The van der Waals surface area contributed by atoms with Gasteiger partial charge >= 0.3 is 8.25 Å². The van der Waals surface area contributed by atoms with Crippen LogP contribution in [0, 0.1) is 6.92 Å². The van der Waals surface area contributed by atoms with Crippen molar-refractivity contribution in [2.75, 3.05) is 0 Å². The van der Waals surface area contributed by atoms with E-state index in [2.05, 4.69) is 0 Å². The second-order valence-electron chi connectivity index (χ2n) is 4.47. The smallest absolute Gasteiger partial charge is 0.317 e. The summed E-state index contributed by atoms with van der Waals surface area (Å²) in [6.07, 6.45) is 0.195. The molecular weight excluding hydrogens is 259 g/mol. The number of aryl methyl sites for hydroxylation is 1. The van der Waals surface area contributed by atoms with Crippen molar-refractivity contribution in [3.8, 4) is 0 Å². The van der Waals surface area contributed by atoms with Gasteiger partial charge in [-0.2, -0.15) is 0 Å². The standard InChI is InChI=1S/C15H17O3P/c1-12-7-9-14(10-8-12)15(18-19(16)17)11-13-5-3-2-4-6-13/h2-10,15,19H,11H2,1H3,(H,16,17). The SMILES string of the molecule is Cc1ccc(C(Cc2ccccc2)O[PH](=O)O)cc1. The Bertz CT molecular complexity index is 537. The molecule has 0 radical (unpaired) electrons. The van der Waals surface area contributed by atoms with Crippen molar-refractivity contribution in [2.24, 2.45) is 0 Å². The lowest BCUT2D eigenvalue weighted by molar-refractivity contribution is 0.191. The first-order chi connectivity index (χ1) is 9.15. The highest BCUT2D eigenvalue weighted by atomic mass is 31.1. The van der Waals surface area contributed by atoms with Crippen LogP contribution < -0.4 is 0 Å². The van der Waals surface area contributed by atoms with Crippen LogP contribution in [-0.2, 0) is 15.5 Å². The van der Waals surface area contributed by atoms with Gasteiger partial charge in [-0.15, -0.1) is 0 Å². The molecule has 0 aliphatic carbocycles. The monoisotopic (exact) mass is 276 g/mol. The zero-order valence-corrected chi connectivity index (χ0v) is 11.7. The van der Waals surface area contributed by atoms with Crippen molar-refractivity contribution < 1.29 is 14.0 Å². The van der Waals surface area contributed by atoms with Crippen molar-refractivity contribution in [1.29, 1.82) is 0 Å². The molecule has 19 heavy (non-hydrogen) atoms. The van der Waals surface area contributed by atoms with Gasteiger partial charge in [-0.05, 0) is 18.1 Å². The van der Waals surface area contributed by atoms with E-state index in [0.29, 0.717) is 6.42 Å². The summed E-state index contributed by atoms with van der Waals surface area (Å²) in [5.74, 6) is 0. The molecule has 0 aliphatic heterocycles. The highest BCUT2D eigenvalue weighted by Crippen LogP contribution is 2.31. The maximum Gasteiger partial charge on any atom is 0.317 e. The highest BCUT2D eigenvalue weighted by molar-refractivity contribution is 7.32. The fourth-order valence-electron chi connectivity index (χ4n) is 1.96. The second-order valence-corrected chi connectivity index (χ2v) is 5.24. The molecule has 0 aliphatic rings. The first-order valence-electron chi connectivity index (χ1n) is 6.15. The summed E-state index contributed by atoms with van der Waals surface area (Å²) >= 11 is 0. The molecule has 2 atom stereocenters. The molecule has 0 bridgehead atoms. The van der Waals surface area contributed by atoms with Crippen LogP contribution in [0.5, 0.6) is 0 Å². The summed E-state index contributed by atoms with van der Waals surface area (Å²) < 4.78 is 16.2. The first kappa shape index (κ1) is 14.0. The minimum absolute atomic E-state index is 0.389. The molecule has 2 unspecified atom stereocenters. The number of hydrogen-bond acceptors (Lipinski definition) is 2. The number of hydrogen-bond donors (Lipinski definition) is 1. The van der Waals surface area contributed by atoms with Gasteiger partial charge in [-0.3, -0.25) is 4.57 Å². The Labute approximate surface area is 113 Å². The van der Waals surface area contributed by atoms with Crippen LogP contribution in [0.4, 0.5) is 0 Å². The lowest BCUT2D eigenvalue weighted by Crippen LogP contribution is -2.04. The van der Waals surface area contributed by atoms with E-state index in [1.807, 2.05) is 61.5 Å². The summed E-state index contributed by atoms with van der Waals surface area (Å²) in [5, 5.41) is 0. The Morgan fingerprint density at radius 2 is 1.74 bits per heavy atom. The molecule has 3 nitrogen and oxygen atoms in total. The molecule has 100 valence electrons. The molecule has 0 saturated heterocycles. The minimum Gasteiger partial charge on any atom is -0.326 e. The quantitative estimate of drug-likeness (QED) is 0.847.